The standard InChI is InChI=1S/C11H17N3OS/c1-7(2)10(11(15)14-13)16-9-5-3-8(12)4-6-9/h3-7,10H,12-13H2,1-2H3,(H,14,15). The van der Waals surface area contributed by atoms with E-state index in [9.17, 15) is 4.79 Å². The molecule has 0 bridgehead atoms. The average Bonchev–Trinajstić information content (AvgIpc) is 2.27. The number of hydrazine groups is 1. The Kier molecular flexibility index (Phi) is 4.64. The Morgan fingerprint density at radius 1 is 1.31 bits per heavy atom. The minimum Gasteiger partial charge on any atom is -0.399 e. The highest BCUT2D eigenvalue weighted by Crippen LogP contribution is 2.28. The molecule has 0 saturated heterocycles. The van der Waals surface area contributed by atoms with Gasteiger partial charge in [0, 0.05) is 10.6 Å². The second-order valence-corrected chi connectivity index (χ2v) is 5.08. The highest BCUT2D eigenvalue weighted by Gasteiger charge is 2.22. The number of nitrogens with two attached hydrogens (primary N) is 2. The zero-order valence-corrected chi connectivity index (χ0v) is 10.3. The Bertz CT molecular complexity index is 351. The van der Waals surface area contributed by atoms with Crippen LogP contribution in [0.1, 0.15) is 13.8 Å². The van der Waals surface area contributed by atoms with Gasteiger partial charge in [0.1, 0.15) is 0 Å². The number of carbonyl (C=O) groups excluding carboxylic acids is 1. The molecule has 16 heavy (non-hydrogen) atoms. The van der Waals surface area contributed by atoms with Gasteiger partial charge in [-0.05, 0) is 30.2 Å². The van der Waals surface area contributed by atoms with E-state index in [1.165, 1.54) is 11.8 Å². The maximum atomic E-state index is 11.5. The molecule has 4 nitrogen and oxygen atoms in total. The van der Waals surface area contributed by atoms with Gasteiger partial charge in [-0.3, -0.25) is 10.2 Å². The summed E-state index contributed by atoms with van der Waals surface area (Å²) in [4.78, 5) is 12.6. The topological polar surface area (TPSA) is 81.1 Å². The van der Waals surface area contributed by atoms with Crippen molar-refractivity contribution >= 4 is 23.4 Å². The average molecular weight is 239 g/mol. The lowest BCUT2D eigenvalue weighted by molar-refractivity contribution is -0.121. The van der Waals surface area contributed by atoms with Crippen LogP contribution in [0.15, 0.2) is 29.2 Å². The van der Waals surface area contributed by atoms with Crippen LogP contribution >= 0.6 is 11.8 Å². The maximum Gasteiger partial charge on any atom is 0.247 e. The van der Waals surface area contributed by atoms with Gasteiger partial charge in [-0.1, -0.05) is 13.8 Å². The van der Waals surface area contributed by atoms with Gasteiger partial charge in [0.2, 0.25) is 5.91 Å². The van der Waals surface area contributed by atoms with Crippen molar-refractivity contribution in [3.05, 3.63) is 24.3 Å². The Hall–Kier alpha value is -1.20. The molecule has 5 N–H and O–H groups in total. The molecular weight excluding hydrogens is 222 g/mol. The van der Waals surface area contributed by atoms with Gasteiger partial charge in [0.25, 0.3) is 0 Å². The molecule has 1 rings (SSSR count). The lowest BCUT2D eigenvalue weighted by Crippen LogP contribution is -2.39. The molecule has 0 aliphatic heterocycles. The lowest BCUT2D eigenvalue weighted by atomic mass is 10.1. The van der Waals surface area contributed by atoms with E-state index >= 15 is 0 Å². The zero-order valence-electron chi connectivity index (χ0n) is 9.44. The molecule has 0 fully saturated rings. The normalized spacial score (nSPS) is 12.5. The van der Waals surface area contributed by atoms with Crippen LogP contribution in [0.2, 0.25) is 0 Å². The molecule has 0 radical (unpaired) electrons. The van der Waals surface area contributed by atoms with Crippen molar-refractivity contribution in [2.24, 2.45) is 11.8 Å². The van der Waals surface area contributed by atoms with Crippen molar-refractivity contribution in [2.75, 3.05) is 5.73 Å². The van der Waals surface area contributed by atoms with Crippen LogP contribution in [-0.2, 0) is 4.79 Å². The van der Waals surface area contributed by atoms with E-state index in [1.807, 2.05) is 38.1 Å². The molecule has 1 atom stereocenters. The van der Waals surface area contributed by atoms with Gasteiger partial charge in [0.05, 0.1) is 5.25 Å². The fraction of sp³-hybridized carbons (Fsp3) is 0.364. The summed E-state index contributed by atoms with van der Waals surface area (Å²) in [6.45, 7) is 3.98. The first-order valence-corrected chi connectivity index (χ1v) is 5.95. The number of nitrogen functional groups attached to an aromatic ring is 1. The second kappa shape index (κ2) is 5.77. The molecule has 0 saturated carbocycles. The summed E-state index contributed by atoms with van der Waals surface area (Å²) in [5, 5.41) is -0.186. The molecule has 1 aromatic rings. The Balaban J connectivity index is 2.75. The maximum absolute atomic E-state index is 11.5. The number of amides is 1. The largest absolute Gasteiger partial charge is 0.399 e. The molecule has 0 heterocycles. The number of hydrogen-bond donors (Lipinski definition) is 3. The molecule has 88 valence electrons. The monoisotopic (exact) mass is 239 g/mol. The number of thioether (sulfide) groups is 1. The van der Waals surface area contributed by atoms with Crippen LogP contribution < -0.4 is 17.0 Å². The summed E-state index contributed by atoms with van der Waals surface area (Å²) >= 11 is 1.49. The van der Waals surface area contributed by atoms with Gasteiger partial charge in [-0.2, -0.15) is 0 Å². The molecule has 0 aromatic heterocycles. The molecule has 0 spiro atoms. The van der Waals surface area contributed by atoms with Crippen LogP contribution in [0.5, 0.6) is 0 Å². The van der Waals surface area contributed by atoms with Crippen molar-refractivity contribution in [2.45, 2.75) is 24.0 Å². The summed E-state index contributed by atoms with van der Waals surface area (Å²) in [5.74, 6) is 5.21. The predicted octanol–water partition coefficient (Wildman–Crippen LogP) is 1.38. The summed E-state index contributed by atoms with van der Waals surface area (Å²) in [6.07, 6.45) is 0. The molecular formula is C11H17N3OS. The number of carbonyl (C=O) groups is 1. The van der Waals surface area contributed by atoms with Crippen LogP contribution in [-0.4, -0.2) is 11.2 Å². The van der Waals surface area contributed by atoms with Crippen molar-refractivity contribution in [1.82, 2.24) is 5.43 Å². The first-order valence-electron chi connectivity index (χ1n) is 5.07. The van der Waals surface area contributed by atoms with E-state index in [1.54, 1.807) is 0 Å². The predicted molar refractivity (Wildman–Crippen MR) is 67.7 cm³/mol. The molecule has 0 aliphatic carbocycles. The summed E-state index contributed by atoms with van der Waals surface area (Å²) in [7, 11) is 0. The summed E-state index contributed by atoms with van der Waals surface area (Å²) in [6, 6.07) is 7.44. The van der Waals surface area contributed by atoms with Gasteiger partial charge >= 0.3 is 0 Å². The molecule has 5 heteroatoms. The van der Waals surface area contributed by atoms with Crippen LogP contribution in [0.3, 0.4) is 0 Å². The van der Waals surface area contributed by atoms with Crippen molar-refractivity contribution in [3.63, 3.8) is 0 Å². The van der Waals surface area contributed by atoms with Crippen molar-refractivity contribution < 1.29 is 4.79 Å². The van der Waals surface area contributed by atoms with E-state index in [0.717, 1.165) is 4.90 Å². The van der Waals surface area contributed by atoms with E-state index in [0.29, 0.717) is 5.69 Å². The minimum absolute atomic E-state index is 0.156. The second-order valence-electron chi connectivity index (χ2n) is 3.86. The van der Waals surface area contributed by atoms with Gasteiger partial charge < -0.3 is 5.73 Å². The fourth-order valence-corrected chi connectivity index (χ4v) is 2.30. The number of benzene rings is 1. The minimum atomic E-state index is -0.186. The third-order valence-electron chi connectivity index (χ3n) is 2.15. The Morgan fingerprint density at radius 3 is 2.31 bits per heavy atom. The van der Waals surface area contributed by atoms with Crippen molar-refractivity contribution in [1.29, 1.82) is 0 Å². The number of nitrogens with one attached hydrogen (secondary N) is 1. The lowest BCUT2D eigenvalue weighted by Gasteiger charge is -2.18. The molecule has 0 aliphatic rings. The summed E-state index contributed by atoms with van der Waals surface area (Å²) < 4.78 is 0. The first kappa shape index (κ1) is 12.9. The number of anilines is 1. The molecule has 1 unspecified atom stereocenters. The van der Waals surface area contributed by atoms with E-state index in [-0.39, 0.29) is 17.1 Å². The smallest absolute Gasteiger partial charge is 0.247 e. The van der Waals surface area contributed by atoms with Crippen LogP contribution in [0.25, 0.3) is 0 Å². The third-order valence-corrected chi connectivity index (χ3v) is 3.71. The van der Waals surface area contributed by atoms with E-state index in [2.05, 4.69) is 5.43 Å². The van der Waals surface area contributed by atoms with E-state index in [4.69, 9.17) is 11.6 Å². The summed E-state index contributed by atoms with van der Waals surface area (Å²) in [5.41, 5.74) is 8.50. The van der Waals surface area contributed by atoms with Gasteiger partial charge in [-0.25, -0.2) is 5.84 Å². The third kappa shape index (κ3) is 3.43. The highest BCUT2D eigenvalue weighted by atomic mass is 32.2. The Morgan fingerprint density at radius 2 is 1.88 bits per heavy atom. The molecule has 1 aromatic carbocycles. The number of rotatable bonds is 4. The van der Waals surface area contributed by atoms with Gasteiger partial charge in [-0.15, -0.1) is 11.8 Å². The Labute approximate surface area is 99.7 Å². The number of hydrogen-bond acceptors (Lipinski definition) is 4. The fourth-order valence-electron chi connectivity index (χ4n) is 1.27. The zero-order chi connectivity index (χ0) is 12.1. The van der Waals surface area contributed by atoms with Crippen LogP contribution in [0.4, 0.5) is 5.69 Å². The van der Waals surface area contributed by atoms with Gasteiger partial charge in [0.15, 0.2) is 0 Å². The van der Waals surface area contributed by atoms with Crippen molar-refractivity contribution in [3.8, 4) is 0 Å². The first-order chi connectivity index (χ1) is 7.54. The molecule has 1 amide bonds. The SMILES string of the molecule is CC(C)C(Sc1ccc(N)cc1)C(=O)NN. The quantitative estimate of drug-likeness (QED) is 0.244. The van der Waals surface area contributed by atoms with Crippen LogP contribution in [0, 0.1) is 5.92 Å². The van der Waals surface area contributed by atoms with E-state index < -0.39 is 0 Å². The highest BCUT2D eigenvalue weighted by molar-refractivity contribution is 8.00.